The molecule has 3 rings (SSSR count). The van der Waals surface area contributed by atoms with Gasteiger partial charge < -0.3 is 14.6 Å². The number of carbonyl (C=O) groups excluding carboxylic acids is 1. The van der Waals surface area contributed by atoms with Gasteiger partial charge in [0.2, 0.25) is 5.91 Å². The van der Waals surface area contributed by atoms with Gasteiger partial charge in [-0.1, -0.05) is 17.8 Å². The van der Waals surface area contributed by atoms with Crippen molar-refractivity contribution >= 4 is 28.7 Å². The molecule has 1 atom stereocenters. The number of aromatic nitrogens is 2. The van der Waals surface area contributed by atoms with Crippen LogP contribution in [0.15, 0.2) is 23.4 Å². The molecule has 0 unspecified atom stereocenters. The molecule has 1 aromatic carbocycles. The second kappa shape index (κ2) is 6.07. The minimum atomic E-state index is -0.148. The third kappa shape index (κ3) is 3.22. The number of nitrogens with zero attached hydrogens (tertiary/aromatic N) is 2. The van der Waals surface area contributed by atoms with E-state index in [2.05, 4.69) is 23.0 Å². The van der Waals surface area contributed by atoms with E-state index in [1.807, 2.05) is 24.0 Å². The Kier molecular flexibility index (Phi) is 4.17. The zero-order chi connectivity index (χ0) is 14.8. The summed E-state index contributed by atoms with van der Waals surface area (Å²) in [7, 11) is 0. The quantitative estimate of drug-likeness (QED) is 0.883. The summed E-state index contributed by atoms with van der Waals surface area (Å²) in [5.41, 5.74) is 3.15. The van der Waals surface area contributed by atoms with Gasteiger partial charge in [0.05, 0.1) is 29.5 Å². The maximum Gasteiger partial charge on any atom is 0.236 e. The maximum absolute atomic E-state index is 12.4. The van der Waals surface area contributed by atoms with Crippen molar-refractivity contribution in [3.05, 3.63) is 23.8 Å². The number of imidazole rings is 1. The molecule has 5 nitrogen and oxygen atoms in total. The van der Waals surface area contributed by atoms with Crippen molar-refractivity contribution in [3.63, 3.8) is 0 Å². The molecular weight excluding hydrogens is 286 g/mol. The number of aromatic amines is 1. The number of fused-ring (bicyclic) bond motifs is 1. The van der Waals surface area contributed by atoms with E-state index in [0.29, 0.717) is 26.3 Å². The molecule has 0 saturated carbocycles. The third-order valence-corrected chi connectivity index (χ3v) is 4.55. The minimum Gasteiger partial charge on any atom is -0.378 e. The van der Waals surface area contributed by atoms with Crippen molar-refractivity contribution in [1.82, 2.24) is 14.9 Å². The number of hydrogen-bond donors (Lipinski definition) is 1. The van der Waals surface area contributed by atoms with Crippen LogP contribution in [0.2, 0.25) is 0 Å². The standard InChI is InChI=1S/C15H19N3O2S/c1-10-3-4-12-13(9-10)17-15(16-12)21-11(2)14(19)18-5-7-20-8-6-18/h3-4,9,11H,5-8H2,1-2H3,(H,16,17)/t11-/m0/s1. The maximum atomic E-state index is 12.4. The zero-order valence-corrected chi connectivity index (χ0v) is 13.1. The molecule has 1 aliphatic heterocycles. The molecule has 6 heteroatoms. The van der Waals surface area contributed by atoms with Gasteiger partial charge in [-0.3, -0.25) is 4.79 Å². The molecule has 0 bridgehead atoms. The Bertz CT molecular complexity index is 649. The average Bonchev–Trinajstić information content (AvgIpc) is 2.88. The first-order valence-corrected chi connectivity index (χ1v) is 8.01. The molecular formula is C15H19N3O2S. The number of H-pyrrole nitrogens is 1. The number of amides is 1. The van der Waals surface area contributed by atoms with Crippen LogP contribution in [0.25, 0.3) is 11.0 Å². The number of aryl methyl sites for hydroxylation is 1. The first kappa shape index (κ1) is 14.4. The fourth-order valence-corrected chi connectivity index (χ4v) is 3.32. The Morgan fingerprint density at radius 1 is 1.43 bits per heavy atom. The van der Waals surface area contributed by atoms with Gasteiger partial charge in [0, 0.05) is 13.1 Å². The molecule has 112 valence electrons. The zero-order valence-electron chi connectivity index (χ0n) is 12.3. The van der Waals surface area contributed by atoms with Crippen LogP contribution in [-0.4, -0.2) is 52.3 Å². The topological polar surface area (TPSA) is 58.2 Å². The minimum absolute atomic E-state index is 0.148. The van der Waals surface area contributed by atoms with E-state index in [1.54, 1.807) is 0 Å². The summed E-state index contributed by atoms with van der Waals surface area (Å²) < 4.78 is 5.28. The van der Waals surface area contributed by atoms with Crippen LogP contribution in [0.5, 0.6) is 0 Å². The number of rotatable bonds is 3. The average molecular weight is 305 g/mol. The lowest BCUT2D eigenvalue weighted by atomic mass is 10.2. The van der Waals surface area contributed by atoms with E-state index >= 15 is 0 Å². The summed E-state index contributed by atoms with van der Waals surface area (Å²) in [5, 5.41) is 0.648. The lowest BCUT2D eigenvalue weighted by molar-refractivity contribution is -0.134. The van der Waals surface area contributed by atoms with Crippen molar-refractivity contribution in [1.29, 1.82) is 0 Å². The molecule has 0 radical (unpaired) electrons. The Morgan fingerprint density at radius 3 is 2.95 bits per heavy atom. The third-order valence-electron chi connectivity index (χ3n) is 3.57. The molecule has 2 aromatic rings. The highest BCUT2D eigenvalue weighted by Gasteiger charge is 2.24. The first-order chi connectivity index (χ1) is 10.1. The van der Waals surface area contributed by atoms with Crippen LogP contribution in [0, 0.1) is 6.92 Å². The number of thioether (sulfide) groups is 1. The SMILES string of the molecule is Cc1ccc2nc(S[C@@H](C)C(=O)N3CCOCC3)[nH]c2c1. The summed E-state index contributed by atoms with van der Waals surface area (Å²) in [6.45, 7) is 6.62. The number of morpholine rings is 1. The number of hydrogen-bond acceptors (Lipinski definition) is 4. The first-order valence-electron chi connectivity index (χ1n) is 7.13. The van der Waals surface area contributed by atoms with Gasteiger partial charge in [0.25, 0.3) is 0 Å². The van der Waals surface area contributed by atoms with Crippen LogP contribution in [0.1, 0.15) is 12.5 Å². The Hall–Kier alpha value is -1.53. The molecule has 1 N–H and O–H groups in total. The normalized spacial score (nSPS) is 17.1. The predicted octanol–water partition coefficient (Wildman–Crippen LogP) is 2.21. The number of benzene rings is 1. The fraction of sp³-hybridized carbons (Fsp3) is 0.467. The molecule has 1 amide bonds. The Balaban J connectivity index is 1.70. The molecule has 0 aliphatic carbocycles. The number of nitrogens with one attached hydrogen (secondary N) is 1. The van der Waals surface area contributed by atoms with Gasteiger partial charge in [-0.2, -0.15) is 0 Å². The second-order valence-electron chi connectivity index (χ2n) is 5.26. The van der Waals surface area contributed by atoms with E-state index in [9.17, 15) is 4.79 Å². The molecule has 1 aliphatic rings. The molecule has 21 heavy (non-hydrogen) atoms. The number of ether oxygens (including phenoxy) is 1. The molecule has 1 aromatic heterocycles. The lowest BCUT2D eigenvalue weighted by Crippen LogP contribution is -2.44. The van der Waals surface area contributed by atoms with Crippen LogP contribution in [-0.2, 0) is 9.53 Å². The van der Waals surface area contributed by atoms with E-state index in [4.69, 9.17) is 4.74 Å². The highest BCUT2D eigenvalue weighted by Crippen LogP contribution is 2.25. The van der Waals surface area contributed by atoms with Crippen LogP contribution in [0.4, 0.5) is 0 Å². The second-order valence-corrected chi connectivity index (χ2v) is 6.59. The van der Waals surface area contributed by atoms with E-state index in [-0.39, 0.29) is 11.2 Å². The molecule has 1 saturated heterocycles. The highest BCUT2D eigenvalue weighted by molar-refractivity contribution is 8.00. The van der Waals surface area contributed by atoms with Gasteiger partial charge in [-0.15, -0.1) is 0 Å². The summed E-state index contributed by atoms with van der Waals surface area (Å²) in [6, 6.07) is 6.11. The summed E-state index contributed by atoms with van der Waals surface area (Å²) in [6.07, 6.45) is 0. The fourth-order valence-electron chi connectivity index (χ4n) is 2.41. The lowest BCUT2D eigenvalue weighted by Gasteiger charge is -2.28. The smallest absolute Gasteiger partial charge is 0.236 e. The molecule has 2 heterocycles. The van der Waals surface area contributed by atoms with Crippen molar-refractivity contribution in [2.45, 2.75) is 24.3 Å². The van der Waals surface area contributed by atoms with Crippen LogP contribution < -0.4 is 0 Å². The van der Waals surface area contributed by atoms with E-state index in [1.165, 1.54) is 17.3 Å². The van der Waals surface area contributed by atoms with Gasteiger partial charge >= 0.3 is 0 Å². The number of carbonyl (C=O) groups is 1. The predicted molar refractivity (Wildman–Crippen MR) is 83.5 cm³/mol. The monoisotopic (exact) mass is 305 g/mol. The van der Waals surface area contributed by atoms with Crippen molar-refractivity contribution < 1.29 is 9.53 Å². The largest absolute Gasteiger partial charge is 0.378 e. The van der Waals surface area contributed by atoms with E-state index < -0.39 is 0 Å². The Labute approximate surface area is 128 Å². The summed E-state index contributed by atoms with van der Waals surface area (Å²) in [5.74, 6) is 0.153. The van der Waals surface area contributed by atoms with Crippen molar-refractivity contribution in [3.8, 4) is 0 Å². The van der Waals surface area contributed by atoms with Gasteiger partial charge in [-0.05, 0) is 31.5 Å². The van der Waals surface area contributed by atoms with Gasteiger partial charge in [0.1, 0.15) is 0 Å². The summed E-state index contributed by atoms with van der Waals surface area (Å²) in [4.78, 5) is 22.1. The molecule has 0 spiro atoms. The van der Waals surface area contributed by atoms with E-state index in [0.717, 1.165) is 16.2 Å². The Morgan fingerprint density at radius 2 is 2.19 bits per heavy atom. The highest BCUT2D eigenvalue weighted by atomic mass is 32.2. The van der Waals surface area contributed by atoms with Crippen LogP contribution >= 0.6 is 11.8 Å². The van der Waals surface area contributed by atoms with Crippen molar-refractivity contribution in [2.75, 3.05) is 26.3 Å². The van der Waals surface area contributed by atoms with Gasteiger partial charge in [-0.25, -0.2) is 4.98 Å². The molecule has 1 fully saturated rings. The van der Waals surface area contributed by atoms with Gasteiger partial charge in [0.15, 0.2) is 5.16 Å². The van der Waals surface area contributed by atoms with Crippen molar-refractivity contribution in [2.24, 2.45) is 0 Å². The van der Waals surface area contributed by atoms with Crippen LogP contribution in [0.3, 0.4) is 0 Å². The summed E-state index contributed by atoms with van der Waals surface area (Å²) >= 11 is 1.48.